The standard InChI is InChI=1S/C25H15BrO6/c1-29-19-5-3-2-4-14(19)11-22-24(27)18-8-7-17(13-21(18)32-22)30-25(28)23-12-15-10-16(26)6-9-20(15)31-23/h2-13H,1H3/b22-11-. The molecule has 0 aliphatic carbocycles. The van der Waals surface area contributed by atoms with Gasteiger partial charge in [-0.15, -0.1) is 0 Å². The van der Waals surface area contributed by atoms with E-state index in [1.165, 1.54) is 6.07 Å². The number of ketones is 1. The van der Waals surface area contributed by atoms with Gasteiger partial charge < -0.3 is 18.6 Å². The molecule has 1 aliphatic rings. The Morgan fingerprint density at radius 1 is 1.03 bits per heavy atom. The quantitative estimate of drug-likeness (QED) is 0.197. The first-order valence-corrected chi connectivity index (χ1v) is 10.4. The predicted molar refractivity (Wildman–Crippen MR) is 121 cm³/mol. The van der Waals surface area contributed by atoms with E-state index < -0.39 is 5.97 Å². The first-order chi connectivity index (χ1) is 15.5. The SMILES string of the molecule is COc1ccccc1/C=C1\Oc2cc(OC(=O)c3cc4cc(Br)ccc4o3)ccc2C1=O. The molecule has 5 rings (SSSR count). The van der Waals surface area contributed by atoms with Gasteiger partial charge in [0.2, 0.25) is 11.5 Å². The van der Waals surface area contributed by atoms with Crippen LogP contribution in [-0.2, 0) is 0 Å². The molecule has 6 nitrogen and oxygen atoms in total. The van der Waals surface area contributed by atoms with Gasteiger partial charge in [-0.25, -0.2) is 4.79 Å². The molecule has 7 heteroatoms. The zero-order valence-corrected chi connectivity index (χ0v) is 18.3. The zero-order valence-electron chi connectivity index (χ0n) is 16.8. The fourth-order valence-electron chi connectivity index (χ4n) is 3.43. The number of carbonyl (C=O) groups excluding carboxylic acids is 2. The Bertz CT molecular complexity index is 1420. The molecule has 0 radical (unpaired) electrons. The van der Waals surface area contributed by atoms with Crippen molar-refractivity contribution in [2.75, 3.05) is 7.11 Å². The number of hydrogen-bond acceptors (Lipinski definition) is 6. The summed E-state index contributed by atoms with van der Waals surface area (Å²) in [5.41, 5.74) is 1.68. The van der Waals surface area contributed by atoms with Crippen molar-refractivity contribution in [1.29, 1.82) is 0 Å². The Morgan fingerprint density at radius 2 is 1.88 bits per heavy atom. The van der Waals surface area contributed by atoms with Gasteiger partial charge in [-0.3, -0.25) is 4.79 Å². The Morgan fingerprint density at radius 3 is 2.72 bits per heavy atom. The Balaban J connectivity index is 1.38. The van der Waals surface area contributed by atoms with Crippen LogP contribution in [0.1, 0.15) is 26.5 Å². The number of esters is 1. The number of para-hydroxylation sites is 1. The maximum atomic E-state index is 12.7. The lowest BCUT2D eigenvalue weighted by Gasteiger charge is -2.05. The number of furan rings is 1. The minimum absolute atomic E-state index is 0.0763. The van der Waals surface area contributed by atoms with E-state index in [1.54, 1.807) is 43.5 Å². The van der Waals surface area contributed by atoms with Crippen molar-refractivity contribution >= 4 is 44.7 Å². The van der Waals surface area contributed by atoms with Gasteiger partial charge in [-0.1, -0.05) is 34.1 Å². The molecular weight excluding hydrogens is 476 g/mol. The molecule has 0 bridgehead atoms. The monoisotopic (exact) mass is 490 g/mol. The van der Waals surface area contributed by atoms with Crippen LogP contribution in [0.4, 0.5) is 0 Å². The van der Waals surface area contributed by atoms with Crippen LogP contribution in [0.5, 0.6) is 17.2 Å². The Kier molecular flexibility index (Phi) is 5.03. The molecule has 0 saturated heterocycles. The molecule has 4 aromatic rings. The number of hydrogen-bond donors (Lipinski definition) is 0. The van der Waals surface area contributed by atoms with Crippen LogP contribution < -0.4 is 14.2 Å². The van der Waals surface area contributed by atoms with Gasteiger partial charge >= 0.3 is 5.97 Å². The number of carbonyl (C=O) groups is 2. The van der Waals surface area contributed by atoms with Gasteiger partial charge in [-0.05, 0) is 48.5 Å². The molecule has 1 aliphatic heterocycles. The van der Waals surface area contributed by atoms with E-state index in [-0.39, 0.29) is 23.1 Å². The molecule has 0 unspecified atom stereocenters. The fraction of sp³-hybridized carbons (Fsp3) is 0.0400. The predicted octanol–water partition coefficient (Wildman–Crippen LogP) is 6.04. The van der Waals surface area contributed by atoms with Crippen molar-refractivity contribution < 1.29 is 28.2 Å². The molecule has 0 atom stereocenters. The minimum Gasteiger partial charge on any atom is -0.496 e. The first-order valence-electron chi connectivity index (χ1n) is 9.64. The van der Waals surface area contributed by atoms with Gasteiger partial charge in [0.05, 0.1) is 12.7 Å². The van der Waals surface area contributed by atoms with E-state index in [9.17, 15) is 9.59 Å². The number of methoxy groups -OCH3 is 1. The van der Waals surface area contributed by atoms with Crippen LogP contribution in [0.3, 0.4) is 0 Å². The van der Waals surface area contributed by atoms with Gasteiger partial charge in [0, 0.05) is 21.5 Å². The van der Waals surface area contributed by atoms with Crippen LogP contribution in [0, 0.1) is 0 Å². The summed E-state index contributed by atoms with van der Waals surface area (Å²) < 4.78 is 23.0. The molecule has 0 fully saturated rings. The lowest BCUT2D eigenvalue weighted by molar-refractivity contribution is 0.0703. The van der Waals surface area contributed by atoms with Crippen molar-refractivity contribution in [2.24, 2.45) is 0 Å². The average molecular weight is 491 g/mol. The number of allylic oxidation sites excluding steroid dienone is 1. The molecule has 0 amide bonds. The normalized spacial score (nSPS) is 13.8. The fourth-order valence-corrected chi connectivity index (χ4v) is 3.81. The number of halogens is 1. The van der Waals surface area contributed by atoms with Crippen LogP contribution in [0.25, 0.3) is 17.0 Å². The number of ether oxygens (including phenoxy) is 3. The molecule has 3 aromatic carbocycles. The molecule has 158 valence electrons. The summed E-state index contributed by atoms with van der Waals surface area (Å²) in [6, 6.07) is 19.0. The maximum absolute atomic E-state index is 12.7. The highest BCUT2D eigenvalue weighted by Crippen LogP contribution is 2.36. The maximum Gasteiger partial charge on any atom is 0.379 e. The molecule has 0 N–H and O–H groups in total. The summed E-state index contributed by atoms with van der Waals surface area (Å²) in [4.78, 5) is 25.3. The summed E-state index contributed by atoms with van der Waals surface area (Å²) in [7, 11) is 1.56. The molecular formula is C25H15BrO6. The highest BCUT2D eigenvalue weighted by Gasteiger charge is 2.28. The highest BCUT2D eigenvalue weighted by molar-refractivity contribution is 9.10. The van der Waals surface area contributed by atoms with Gasteiger partial charge in [0.15, 0.2) is 5.76 Å². The third-order valence-electron chi connectivity index (χ3n) is 4.96. The van der Waals surface area contributed by atoms with Crippen molar-refractivity contribution in [1.82, 2.24) is 0 Å². The van der Waals surface area contributed by atoms with E-state index in [0.29, 0.717) is 28.2 Å². The van der Waals surface area contributed by atoms with E-state index in [0.717, 1.165) is 9.86 Å². The molecule has 0 spiro atoms. The lowest BCUT2D eigenvalue weighted by atomic mass is 10.1. The first kappa shape index (κ1) is 20.1. The third-order valence-corrected chi connectivity index (χ3v) is 5.45. The van der Waals surface area contributed by atoms with Crippen molar-refractivity contribution in [3.8, 4) is 17.2 Å². The summed E-state index contributed by atoms with van der Waals surface area (Å²) in [5.74, 6) is 0.512. The third kappa shape index (κ3) is 3.67. The molecule has 1 aromatic heterocycles. The topological polar surface area (TPSA) is 75.0 Å². The molecule has 2 heterocycles. The highest BCUT2D eigenvalue weighted by atomic mass is 79.9. The minimum atomic E-state index is -0.647. The van der Waals surface area contributed by atoms with E-state index >= 15 is 0 Å². The second-order valence-corrected chi connectivity index (χ2v) is 7.94. The van der Waals surface area contributed by atoms with E-state index in [4.69, 9.17) is 18.6 Å². The summed E-state index contributed by atoms with van der Waals surface area (Å²) in [5, 5.41) is 0.778. The molecule has 0 saturated carbocycles. The Hall–Kier alpha value is -3.84. The van der Waals surface area contributed by atoms with Crippen LogP contribution in [0.2, 0.25) is 0 Å². The molecule has 32 heavy (non-hydrogen) atoms. The summed E-state index contributed by atoms with van der Waals surface area (Å²) >= 11 is 3.39. The average Bonchev–Trinajstić information content (AvgIpc) is 3.35. The smallest absolute Gasteiger partial charge is 0.379 e. The van der Waals surface area contributed by atoms with Gasteiger partial charge in [0.1, 0.15) is 22.8 Å². The van der Waals surface area contributed by atoms with Crippen LogP contribution >= 0.6 is 15.9 Å². The van der Waals surface area contributed by atoms with E-state index in [1.807, 2.05) is 30.3 Å². The number of rotatable bonds is 4. The number of fused-ring (bicyclic) bond motifs is 2. The number of benzene rings is 3. The van der Waals surface area contributed by atoms with Crippen LogP contribution in [-0.4, -0.2) is 18.9 Å². The van der Waals surface area contributed by atoms with E-state index in [2.05, 4.69) is 15.9 Å². The van der Waals surface area contributed by atoms with Crippen LogP contribution in [0.15, 0.2) is 81.4 Å². The second kappa shape index (κ2) is 8.01. The van der Waals surface area contributed by atoms with Crippen molar-refractivity contribution in [3.05, 3.63) is 93.8 Å². The Labute approximate surface area is 191 Å². The summed E-state index contributed by atoms with van der Waals surface area (Å²) in [6.07, 6.45) is 1.62. The zero-order chi connectivity index (χ0) is 22.2. The van der Waals surface area contributed by atoms with Gasteiger partial charge in [-0.2, -0.15) is 0 Å². The second-order valence-electron chi connectivity index (χ2n) is 7.02. The van der Waals surface area contributed by atoms with Crippen molar-refractivity contribution in [2.45, 2.75) is 0 Å². The summed E-state index contributed by atoms with van der Waals surface area (Å²) in [6.45, 7) is 0. The largest absolute Gasteiger partial charge is 0.496 e. The van der Waals surface area contributed by atoms with Gasteiger partial charge in [0.25, 0.3) is 0 Å². The lowest BCUT2D eigenvalue weighted by Crippen LogP contribution is -2.07. The van der Waals surface area contributed by atoms with Crippen molar-refractivity contribution in [3.63, 3.8) is 0 Å². The number of Topliss-reactive ketones (excluding diaryl/α,β-unsaturated/α-hetero) is 1.